The molecule has 0 spiro atoms. The van der Waals surface area contributed by atoms with Crippen LogP contribution in [0.25, 0.3) is 0 Å². The summed E-state index contributed by atoms with van der Waals surface area (Å²) in [7, 11) is 1.31. The van der Waals surface area contributed by atoms with Gasteiger partial charge in [0.25, 0.3) is 0 Å². The smallest absolute Gasteiger partial charge is 0.408 e. The number of hydrogen-bond acceptors (Lipinski definition) is 13. The minimum absolute atomic E-state index is 0.0737. The molecular formula is C36H41NO13. The number of allylic oxidation sites excluding steroid dienone is 1. The van der Waals surface area contributed by atoms with Crippen molar-refractivity contribution in [3.05, 3.63) is 63.7 Å². The highest BCUT2D eigenvalue weighted by atomic mass is 16.7. The molecule has 268 valence electrons. The van der Waals surface area contributed by atoms with Gasteiger partial charge >= 0.3 is 6.09 Å². The lowest BCUT2D eigenvalue weighted by Gasteiger charge is -2.42. The molecule has 1 fully saturated rings. The summed E-state index contributed by atoms with van der Waals surface area (Å²) in [4.78, 5) is 53.4. The van der Waals surface area contributed by atoms with E-state index < -0.39 is 108 Å². The topological polar surface area (TPSA) is 218 Å². The van der Waals surface area contributed by atoms with Gasteiger partial charge in [-0.05, 0) is 44.7 Å². The summed E-state index contributed by atoms with van der Waals surface area (Å²) in [6, 6.07) is 3.41. The number of aliphatic hydroxyl groups is 3. The van der Waals surface area contributed by atoms with Crippen molar-refractivity contribution >= 4 is 23.4 Å². The number of carbonyl (C=O) groups excluding carboxylic acids is 4. The van der Waals surface area contributed by atoms with Crippen LogP contribution in [0.2, 0.25) is 0 Å². The third-order valence-corrected chi connectivity index (χ3v) is 10.0. The van der Waals surface area contributed by atoms with Crippen LogP contribution in [-0.4, -0.2) is 98.9 Å². The van der Waals surface area contributed by atoms with Crippen molar-refractivity contribution in [1.82, 2.24) is 5.32 Å². The van der Waals surface area contributed by atoms with E-state index in [-0.39, 0.29) is 34.4 Å². The van der Waals surface area contributed by atoms with Gasteiger partial charge in [0, 0.05) is 36.0 Å². The van der Waals surface area contributed by atoms with Crippen molar-refractivity contribution in [1.29, 1.82) is 0 Å². The lowest BCUT2D eigenvalue weighted by Crippen LogP contribution is -2.56. The van der Waals surface area contributed by atoms with Gasteiger partial charge in [-0.25, -0.2) is 4.79 Å². The summed E-state index contributed by atoms with van der Waals surface area (Å²) in [5.74, 6) is -3.98. The fraction of sp³-hybridized carbons (Fsp3) is 0.500. The molecular weight excluding hydrogens is 654 g/mol. The summed E-state index contributed by atoms with van der Waals surface area (Å²) in [5, 5.41) is 58.1. The van der Waals surface area contributed by atoms with E-state index in [4.69, 9.17) is 18.9 Å². The maximum atomic E-state index is 13.9. The molecule has 0 bridgehead atoms. The second kappa shape index (κ2) is 14.1. The van der Waals surface area contributed by atoms with E-state index in [9.17, 15) is 44.7 Å². The summed E-state index contributed by atoms with van der Waals surface area (Å²) >= 11 is 0. The van der Waals surface area contributed by atoms with Crippen molar-refractivity contribution in [3.63, 3.8) is 0 Å². The third kappa shape index (κ3) is 6.37. The molecule has 2 aromatic carbocycles. The van der Waals surface area contributed by atoms with E-state index >= 15 is 0 Å². The van der Waals surface area contributed by atoms with E-state index in [1.54, 1.807) is 6.92 Å². The second-order valence-electron chi connectivity index (χ2n) is 13.3. The molecule has 4 aliphatic rings. The monoisotopic (exact) mass is 695 g/mol. The van der Waals surface area contributed by atoms with Gasteiger partial charge in [-0.15, -0.1) is 0 Å². The number of phenolic OH excluding ortho intramolecular Hbond substituents is 2. The van der Waals surface area contributed by atoms with Gasteiger partial charge in [-0.1, -0.05) is 24.6 Å². The summed E-state index contributed by atoms with van der Waals surface area (Å²) < 4.78 is 23.0. The van der Waals surface area contributed by atoms with Crippen molar-refractivity contribution in [2.45, 2.75) is 101 Å². The van der Waals surface area contributed by atoms with Crippen molar-refractivity contribution < 1.29 is 63.7 Å². The normalized spacial score (nSPS) is 29.8. The molecule has 1 amide bonds. The molecule has 6 N–H and O–H groups in total. The zero-order chi connectivity index (χ0) is 35.9. The Bertz CT molecular complexity index is 1740. The van der Waals surface area contributed by atoms with Crippen molar-refractivity contribution in [2.75, 3.05) is 13.7 Å². The molecule has 2 aromatic rings. The fourth-order valence-electron chi connectivity index (χ4n) is 7.41. The van der Waals surface area contributed by atoms with Crippen LogP contribution in [0.5, 0.6) is 17.2 Å². The molecule has 14 heteroatoms. The Hall–Kier alpha value is -4.34. The van der Waals surface area contributed by atoms with E-state index in [2.05, 4.69) is 5.32 Å². The molecule has 1 unspecified atom stereocenters. The number of aliphatic hydroxyl groups excluding tert-OH is 2. The SMILES string of the molecule is COc1cccc2c1C(=O)c1c(O)c3c(c(O)c1C2=O)C[C@@](O)(C(=O)CO)C[C@@H]3O[C@H]1C[C@H](NC(=O)OC2/C=C/CCCCC2)[C@H](O)[C@H](C)O1. The number of ether oxygens (including phenoxy) is 4. The van der Waals surface area contributed by atoms with E-state index in [1.165, 1.54) is 25.3 Å². The lowest BCUT2D eigenvalue weighted by molar-refractivity contribution is -0.249. The highest BCUT2D eigenvalue weighted by Gasteiger charge is 2.50. The third-order valence-electron chi connectivity index (χ3n) is 10.0. The quantitative estimate of drug-likeness (QED) is 0.155. The van der Waals surface area contributed by atoms with Crippen molar-refractivity contribution in [2.24, 2.45) is 0 Å². The number of aromatic hydroxyl groups is 2. The number of nitrogens with one attached hydrogen (secondary N) is 1. The van der Waals surface area contributed by atoms with Gasteiger partial charge in [-0.2, -0.15) is 0 Å². The molecule has 0 aromatic heterocycles. The number of methoxy groups -OCH3 is 1. The van der Waals surface area contributed by atoms with Crippen LogP contribution in [0.15, 0.2) is 30.4 Å². The summed E-state index contributed by atoms with van der Waals surface area (Å²) in [6.45, 7) is 0.487. The average molecular weight is 696 g/mol. The largest absolute Gasteiger partial charge is 0.507 e. The molecule has 1 aliphatic heterocycles. The zero-order valence-electron chi connectivity index (χ0n) is 27.7. The van der Waals surface area contributed by atoms with Crippen LogP contribution in [0, 0.1) is 0 Å². The van der Waals surface area contributed by atoms with Crippen LogP contribution in [-0.2, 0) is 25.4 Å². The number of hydrogen-bond donors (Lipinski definition) is 6. The zero-order valence-corrected chi connectivity index (χ0v) is 27.7. The molecule has 1 heterocycles. The Labute approximate surface area is 287 Å². The molecule has 0 saturated carbocycles. The maximum Gasteiger partial charge on any atom is 0.408 e. The van der Waals surface area contributed by atoms with Crippen LogP contribution in [0.1, 0.15) is 101 Å². The van der Waals surface area contributed by atoms with E-state index in [1.807, 2.05) is 12.2 Å². The minimum Gasteiger partial charge on any atom is -0.507 e. The standard InChI is InChI=1S/C36H41NO13/c1-17-30(40)21(37-35(45)49-18-9-6-4-3-5-7-10-18)13-25(48-17)50-23-15-36(46,24(39)16-38)14-20-27(23)34(44)29-28(32(20)42)31(41)19-11-8-12-22(47-2)26(19)33(29)43/h6,8-9,11-12,17-18,21,23,25,30,38,40,42,44,46H,3-5,7,10,13-16H2,1-2H3,(H,37,45)/b9-6+/t17-,18?,21-,23-,25-,30+,36-/m0/s1. The van der Waals surface area contributed by atoms with Gasteiger partial charge in [0.05, 0.1) is 42.0 Å². The van der Waals surface area contributed by atoms with Crippen molar-refractivity contribution in [3.8, 4) is 17.2 Å². The molecule has 7 atom stereocenters. The van der Waals surface area contributed by atoms with Crippen LogP contribution in [0.3, 0.4) is 0 Å². The Morgan fingerprint density at radius 1 is 1.06 bits per heavy atom. The molecule has 14 nitrogen and oxygen atoms in total. The first kappa shape index (κ1) is 35.5. The number of ketones is 3. The Morgan fingerprint density at radius 3 is 2.56 bits per heavy atom. The van der Waals surface area contributed by atoms with Gasteiger partial charge in [0.1, 0.15) is 41.7 Å². The lowest BCUT2D eigenvalue weighted by atomic mass is 9.72. The van der Waals surface area contributed by atoms with E-state index in [0.29, 0.717) is 6.42 Å². The van der Waals surface area contributed by atoms with Crippen LogP contribution < -0.4 is 10.1 Å². The predicted octanol–water partition coefficient (Wildman–Crippen LogP) is 2.66. The van der Waals surface area contributed by atoms with Gasteiger partial charge in [0.15, 0.2) is 17.9 Å². The molecule has 1 saturated heterocycles. The number of rotatable bonds is 7. The second-order valence-corrected chi connectivity index (χ2v) is 13.3. The highest BCUT2D eigenvalue weighted by Crippen LogP contribution is 2.52. The average Bonchev–Trinajstić information content (AvgIpc) is 3.07. The molecule has 3 aliphatic carbocycles. The number of alkyl carbamates (subject to hydrolysis) is 1. The summed E-state index contributed by atoms with van der Waals surface area (Å²) in [6.07, 6.45) is 1.13. The number of amides is 1. The number of fused-ring (bicyclic) bond motifs is 3. The maximum absolute atomic E-state index is 13.9. The highest BCUT2D eigenvalue weighted by molar-refractivity contribution is 6.31. The minimum atomic E-state index is -2.32. The first-order chi connectivity index (χ1) is 23.9. The molecule has 6 rings (SSSR count). The molecule has 0 radical (unpaired) electrons. The number of carbonyl (C=O) groups is 4. The first-order valence-electron chi connectivity index (χ1n) is 16.7. The fourth-order valence-corrected chi connectivity index (χ4v) is 7.41. The number of phenols is 2. The van der Waals surface area contributed by atoms with Gasteiger partial charge in [-0.3, -0.25) is 14.4 Å². The van der Waals surface area contributed by atoms with Gasteiger partial charge < -0.3 is 49.8 Å². The Kier molecular flexibility index (Phi) is 10.0. The van der Waals surface area contributed by atoms with E-state index in [0.717, 1.165) is 25.7 Å². The van der Waals surface area contributed by atoms with Crippen LogP contribution in [0.4, 0.5) is 4.79 Å². The Balaban J connectivity index is 1.33. The Morgan fingerprint density at radius 2 is 1.82 bits per heavy atom. The molecule has 50 heavy (non-hydrogen) atoms. The number of benzene rings is 2. The number of Topliss-reactive ketones (excluding diaryl/α,β-unsaturated/α-hetero) is 1. The summed E-state index contributed by atoms with van der Waals surface area (Å²) in [5.41, 5.74) is -3.93. The first-order valence-corrected chi connectivity index (χ1v) is 16.7. The van der Waals surface area contributed by atoms with Gasteiger partial charge in [0.2, 0.25) is 5.78 Å². The predicted molar refractivity (Wildman–Crippen MR) is 173 cm³/mol. The van der Waals surface area contributed by atoms with Crippen LogP contribution >= 0.6 is 0 Å².